The summed E-state index contributed by atoms with van der Waals surface area (Å²) in [6.07, 6.45) is -10.2. The number of ketones is 1. The summed E-state index contributed by atoms with van der Waals surface area (Å²) in [5.74, 6) is -4.29. The fraction of sp³-hybridized carbons (Fsp3) is 0.133. The van der Waals surface area contributed by atoms with E-state index < -0.39 is 52.0 Å². The van der Waals surface area contributed by atoms with Gasteiger partial charge in [-0.05, 0) is 36.4 Å². The van der Waals surface area contributed by atoms with Gasteiger partial charge in [-0.2, -0.15) is 26.3 Å². The van der Waals surface area contributed by atoms with Crippen LogP contribution in [-0.2, 0) is 12.4 Å². The van der Waals surface area contributed by atoms with Crippen LogP contribution in [0, 0.1) is 11.6 Å². The Morgan fingerprint density at radius 2 is 1.00 bits per heavy atom. The molecule has 0 fully saturated rings. The second-order valence-corrected chi connectivity index (χ2v) is 4.70. The molecule has 128 valence electrons. The highest BCUT2D eigenvalue weighted by Crippen LogP contribution is 2.37. The Morgan fingerprint density at radius 3 is 1.29 bits per heavy atom. The molecular formula is C15H6F8O. The molecule has 0 N–H and O–H groups in total. The van der Waals surface area contributed by atoms with E-state index in [1.165, 1.54) is 0 Å². The quantitative estimate of drug-likeness (QED) is 0.533. The lowest BCUT2D eigenvalue weighted by Crippen LogP contribution is -2.18. The van der Waals surface area contributed by atoms with E-state index in [0.717, 1.165) is 0 Å². The Bertz CT molecular complexity index is 724. The molecule has 0 aliphatic rings. The first-order chi connectivity index (χ1) is 10.9. The smallest absolute Gasteiger partial charge is 0.289 e. The van der Waals surface area contributed by atoms with Crippen molar-refractivity contribution in [2.45, 2.75) is 12.4 Å². The van der Waals surface area contributed by atoms with Crippen LogP contribution in [0.25, 0.3) is 0 Å². The summed E-state index contributed by atoms with van der Waals surface area (Å²) in [6.45, 7) is 0. The second kappa shape index (κ2) is 5.88. The Hall–Kier alpha value is -2.45. The summed E-state index contributed by atoms with van der Waals surface area (Å²) in [6, 6.07) is 1.61. The number of carbonyl (C=O) groups is 1. The van der Waals surface area contributed by atoms with Crippen LogP contribution in [0.2, 0.25) is 0 Å². The average molecular weight is 354 g/mol. The van der Waals surface area contributed by atoms with Crippen LogP contribution in [0.3, 0.4) is 0 Å². The van der Waals surface area contributed by atoms with Crippen molar-refractivity contribution in [3.8, 4) is 0 Å². The largest absolute Gasteiger partial charge is 0.417 e. The van der Waals surface area contributed by atoms with Gasteiger partial charge < -0.3 is 0 Å². The molecule has 1 nitrogen and oxygen atoms in total. The van der Waals surface area contributed by atoms with Gasteiger partial charge in [0.1, 0.15) is 11.6 Å². The molecule has 2 aromatic carbocycles. The number of alkyl halides is 6. The second-order valence-electron chi connectivity index (χ2n) is 4.70. The van der Waals surface area contributed by atoms with Crippen LogP contribution in [0.5, 0.6) is 0 Å². The summed E-state index contributed by atoms with van der Waals surface area (Å²) in [5, 5.41) is 0. The Balaban J connectivity index is 2.71. The highest BCUT2D eigenvalue weighted by atomic mass is 19.4. The van der Waals surface area contributed by atoms with Crippen molar-refractivity contribution in [1.82, 2.24) is 0 Å². The molecule has 0 bridgehead atoms. The molecule has 0 atom stereocenters. The summed E-state index contributed by atoms with van der Waals surface area (Å²) in [4.78, 5) is 12.2. The van der Waals surface area contributed by atoms with E-state index in [2.05, 4.69) is 0 Å². The van der Waals surface area contributed by atoms with Gasteiger partial charge in [-0.25, -0.2) is 8.78 Å². The fourth-order valence-corrected chi connectivity index (χ4v) is 2.05. The minimum atomic E-state index is -5.11. The standard InChI is InChI=1S/C15H6F8O/c16-7-1-3-11(14(18,19)20)9(5-7)13(24)10-6-8(17)2-4-12(10)15(21,22)23/h1-6H. The molecule has 9 heteroatoms. The number of hydrogen-bond donors (Lipinski definition) is 0. The molecule has 0 aromatic heterocycles. The van der Waals surface area contributed by atoms with Crippen molar-refractivity contribution < 1.29 is 39.9 Å². The lowest BCUT2D eigenvalue weighted by Gasteiger charge is -2.15. The van der Waals surface area contributed by atoms with Crippen molar-refractivity contribution >= 4 is 5.78 Å². The van der Waals surface area contributed by atoms with E-state index >= 15 is 0 Å². The summed E-state index contributed by atoms with van der Waals surface area (Å²) in [5.41, 5.74) is -5.91. The number of halogens is 8. The van der Waals surface area contributed by atoms with Crippen molar-refractivity contribution in [3.05, 3.63) is 70.3 Å². The Labute approximate surface area is 129 Å². The van der Waals surface area contributed by atoms with Gasteiger partial charge in [0.2, 0.25) is 0 Å². The van der Waals surface area contributed by atoms with Crippen LogP contribution < -0.4 is 0 Å². The molecule has 0 aliphatic heterocycles. The number of benzene rings is 2. The lowest BCUT2D eigenvalue weighted by molar-refractivity contribution is -0.138. The van der Waals surface area contributed by atoms with E-state index in [-0.39, 0.29) is 24.3 Å². The van der Waals surface area contributed by atoms with Crippen LogP contribution in [0.4, 0.5) is 35.1 Å². The third-order valence-corrected chi connectivity index (χ3v) is 3.06. The van der Waals surface area contributed by atoms with Gasteiger partial charge in [0.25, 0.3) is 0 Å². The zero-order chi connectivity index (χ0) is 18.3. The molecule has 24 heavy (non-hydrogen) atoms. The van der Waals surface area contributed by atoms with Gasteiger partial charge >= 0.3 is 12.4 Å². The first-order valence-corrected chi connectivity index (χ1v) is 6.19. The normalized spacial score (nSPS) is 12.3. The minimum Gasteiger partial charge on any atom is -0.289 e. The molecule has 0 unspecified atom stereocenters. The van der Waals surface area contributed by atoms with E-state index in [1.807, 2.05) is 0 Å². The highest BCUT2D eigenvalue weighted by molar-refractivity contribution is 6.11. The van der Waals surface area contributed by atoms with Crippen LogP contribution >= 0.6 is 0 Å². The van der Waals surface area contributed by atoms with Crippen molar-refractivity contribution in [2.75, 3.05) is 0 Å². The number of carbonyl (C=O) groups excluding carboxylic acids is 1. The molecular weight excluding hydrogens is 348 g/mol. The third kappa shape index (κ3) is 3.55. The van der Waals surface area contributed by atoms with Gasteiger partial charge in [0.05, 0.1) is 11.1 Å². The maximum absolute atomic E-state index is 13.2. The van der Waals surface area contributed by atoms with Gasteiger partial charge in [0, 0.05) is 11.1 Å². The summed E-state index contributed by atoms with van der Waals surface area (Å²) in [7, 11) is 0. The Kier molecular flexibility index (Phi) is 4.38. The summed E-state index contributed by atoms with van der Waals surface area (Å²) < 4.78 is 104. The van der Waals surface area contributed by atoms with Crippen molar-refractivity contribution in [2.24, 2.45) is 0 Å². The molecule has 0 saturated heterocycles. The summed E-state index contributed by atoms with van der Waals surface area (Å²) >= 11 is 0. The molecule has 0 aliphatic carbocycles. The number of rotatable bonds is 2. The fourth-order valence-electron chi connectivity index (χ4n) is 2.05. The maximum Gasteiger partial charge on any atom is 0.417 e. The predicted octanol–water partition coefficient (Wildman–Crippen LogP) is 5.23. The average Bonchev–Trinajstić information content (AvgIpc) is 2.43. The van der Waals surface area contributed by atoms with Crippen molar-refractivity contribution in [1.29, 1.82) is 0 Å². The van der Waals surface area contributed by atoms with Gasteiger partial charge in [-0.1, -0.05) is 0 Å². The van der Waals surface area contributed by atoms with Crippen LogP contribution in [-0.4, -0.2) is 5.78 Å². The minimum absolute atomic E-state index is 0.163. The first kappa shape index (κ1) is 17.9. The molecule has 2 aromatic rings. The monoisotopic (exact) mass is 354 g/mol. The number of hydrogen-bond acceptors (Lipinski definition) is 1. The predicted molar refractivity (Wildman–Crippen MR) is 66.2 cm³/mol. The first-order valence-electron chi connectivity index (χ1n) is 6.19. The Morgan fingerprint density at radius 1 is 0.667 bits per heavy atom. The zero-order valence-corrected chi connectivity index (χ0v) is 11.4. The highest BCUT2D eigenvalue weighted by Gasteiger charge is 2.39. The topological polar surface area (TPSA) is 17.1 Å². The zero-order valence-electron chi connectivity index (χ0n) is 11.4. The molecule has 0 radical (unpaired) electrons. The van der Waals surface area contributed by atoms with Crippen LogP contribution in [0.15, 0.2) is 36.4 Å². The van der Waals surface area contributed by atoms with E-state index in [0.29, 0.717) is 12.1 Å². The van der Waals surface area contributed by atoms with E-state index in [9.17, 15) is 39.9 Å². The molecule has 0 saturated carbocycles. The third-order valence-electron chi connectivity index (χ3n) is 3.06. The lowest BCUT2D eigenvalue weighted by atomic mass is 9.94. The van der Waals surface area contributed by atoms with Crippen molar-refractivity contribution in [3.63, 3.8) is 0 Å². The maximum atomic E-state index is 13.2. The van der Waals surface area contributed by atoms with Gasteiger partial charge in [0.15, 0.2) is 5.78 Å². The molecule has 2 rings (SSSR count). The van der Waals surface area contributed by atoms with E-state index in [1.54, 1.807) is 0 Å². The van der Waals surface area contributed by atoms with E-state index in [4.69, 9.17) is 0 Å². The molecule has 0 spiro atoms. The molecule has 0 amide bonds. The van der Waals surface area contributed by atoms with Crippen LogP contribution in [0.1, 0.15) is 27.0 Å². The SMILES string of the molecule is O=C(c1cc(F)ccc1C(F)(F)F)c1cc(F)ccc1C(F)(F)F. The van der Waals surface area contributed by atoms with Gasteiger partial charge in [-0.3, -0.25) is 4.79 Å². The molecule has 0 heterocycles. The van der Waals surface area contributed by atoms with Gasteiger partial charge in [-0.15, -0.1) is 0 Å².